The van der Waals surface area contributed by atoms with E-state index in [1.165, 1.54) is 0 Å². The smallest absolute Gasteiger partial charge is 0.313 e. The Kier molecular flexibility index (Phi) is 4.27. The van der Waals surface area contributed by atoms with Gasteiger partial charge in [0.25, 0.3) is 0 Å². The van der Waals surface area contributed by atoms with Crippen LogP contribution < -0.4 is 5.32 Å². The number of hydrogen-bond acceptors (Lipinski definition) is 4. The van der Waals surface area contributed by atoms with Gasteiger partial charge >= 0.3 is 11.8 Å². The number of rotatable bonds is 2. The maximum absolute atomic E-state index is 12.6. The second-order valence-corrected chi connectivity index (χ2v) is 7.60. The molecule has 2 heterocycles. The van der Waals surface area contributed by atoms with Crippen LogP contribution in [0.3, 0.4) is 0 Å². The van der Waals surface area contributed by atoms with E-state index < -0.39 is 11.8 Å². The van der Waals surface area contributed by atoms with Crippen molar-refractivity contribution < 1.29 is 9.59 Å². The molecular formula is C19H24N4O2. The fourth-order valence-electron chi connectivity index (χ4n) is 3.98. The average molecular weight is 340 g/mol. The molecule has 0 aromatic carbocycles. The van der Waals surface area contributed by atoms with Crippen LogP contribution in [0.25, 0.3) is 0 Å². The first-order valence-electron chi connectivity index (χ1n) is 9.22. The Labute approximate surface area is 147 Å². The monoisotopic (exact) mass is 340 g/mol. The first-order chi connectivity index (χ1) is 12.2. The number of piperidine rings is 1. The molecule has 1 atom stereocenters. The molecule has 2 aliphatic carbocycles. The fourth-order valence-corrected chi connectivity index (χ4v) is 3.98. The van der Waals surface area contributed by atoms with E-state index in [-0.39, 0.29) is 5.41 Å². The van der Waals surface area contributed by atoms with E-state index in [4.69, 9.17) is 0 Å². The summed E-state index contributed by atoms with van der Waals surface area (Å²) in [5.41, 5.74) is 0.646. The zero-order valence-corrected chi connectivity index (χ0v) is 14.4. The lowest BCUT2D eigenvalue weighted by Crippen LogP contribution is -2.49. The summed E-state index contributed by atoms with van der Waals surface area (Å²) in [7, 11) is 0. The molecule has 1 saturated carbocycles. The van der Waals surface area contributed by atoms with Gasteiger partial charge in [0.05, 0.1) is 18.1 Å². The van der Waals surface area contributed by atoms with Gasteiger partial charge in [0, 0.05) is 19.0 Å². The van der Waals surface area contributed by atoms with Crippen molar-refractivity contribution in [3.05, 3.63) is 30.4 Å². The van der Waals surface area contributed by atoms with Crippen molar-refractivity contribution in [1.29, 1.82) is 0 Å². The topological polar surface area (TPSA) is 75.2 Å². The Morgan fingerprint density at radius 2 is 1.96 bits per heavy atom. The zero-order valence-electron chi connectivity index (χ0n) is 14.4. The highest BCUT2D eigenvalue weighted by Crippen LogP contribution is 2.41. The molecule has 1 aliphatic heterocycles. The van der Waals surface area contributed by atoms with Crippen molar-refractivity contribution in [2.24, 2.45) is 5.41 Å². The molecule has 25 heavy (non-hydrogen) atoms. The van der Waals surface area contributed by atoms with Crippen LogP contribution in [0, 0.1) is 5.41 Å². The highest BCUT2D eigenvalue weighted by molar-refractivity contribution is 6.39. The van der Waals surface area contributed by atoms with E-state index in [9.17, 15) is 9.59 Å². The number of allylic oxidation sites excluding steroid dienone is 2. The first-order valence-corrected chi connectivity index (χ1v) is 9.22. The molecule has 6 heteroatoms. The molecule has 0 unspecified atom stereocenters. The minimum atomic E-state index is -0.592. The third-order valence-electron chi connectivity index (χ3n) is 5.57. The number of aromatic nitrogens is 2. The van der Waals surface area contributed by atoms with Gasteiger partial charge in [0.2, 0.25) is 0 Å². The normalized spacial score (nSPS) is 25.8. The van der Waals surface area contributed by atoms with Gasteiger partial charge < -0.3 is 10.2 Å². The van der Waals surface area contributed by atoms with Gasteiger partial charge in [-0.1, -0.05) is 12.2 Å². The largest absolute Gasteiger partial charge is 0.334 e. The molecule has 1 saturated heterocycles. The number of amides is 2. The fraction of sp³-hybridized carbons (Fsp3) is 0.579. The summed E-state index contributed by atoms with van der Waals surface area (Å²) in [5, 5.41) is 2.65. The maximum Gasteiger partial charge on any atom is 0.313 e. The van der Waals surface area contributed by atoms with Gasteiger partial charge in [-0.3, -0.25) is 9.59 Å². The van der Waals surface area contributed by atoms with Crippen LogP contribution in [0.4, 0.5) is 5.69 Å². The van der Waals surface area contributed by atoms with Gasteiger partial charge in [-0.25, -0.2) is 9.97 Å². The third-order valence-corrected chi connectivity index (χ3v) is 5.57. The number of carbonyl (C=O) groups is 2. The van der Waals surface area contributed by atoms with E-state index in [1.807, 2.05) is 0 Å². The third kappa shape index (κ3) is 3.57. The molecule has 2 amide bonds. The lowest BCUT2D eigenvalue weighted by atomic mass is 9.71. The van der Waals surface area contributed by atoms with E-state index >= 15 is 0 Å². The molecule has 0 bridgehead atoms. The minimum absolute atomic E-state index is 0.165. The Balaban J connectivity index is 1.37. The molecule has 3 aliphatic rings. The molecular weight excluding hydrogens is 316 g/mol. The quantitative estimate of drug-likeness (QED) is 0.663. The second kappa shape index (κ2) is 6.58. The Bertz CT molecular complexity index is 696. The predicted molar refractivity (Wildman–Crippen MR) is 93.9 cm³/mol. The number of anilines is 1. The Morgan fingerprint density at radius 3 is 2.64 bits per heavy atom. The summed E-state index contributed by atoms with van der Waals surface area (Å²) in [4.78, 5) is 35.2. The van der Waals surface area contributed by atoms with Gasteiger partial charge in [-0.05, 0) is 50.4 Å². The molecule has 1 N–H and O–H groups in total. The van der Waals surface area contributed by atoms with Crippen LogP contribution in [0.15, 0.2) is 24.5 Å². The van der Waals surface area contributed by atoms with Gasteiger partial charge in [-0.15, -0.1) is 0 Å². The maximum atomic E-state index is 12.6. The number of hydrogen-bond donors (Lipinski definition) is 1. The van der Waals surface area contributed by atoms with Crippen molar-refractivity contribution in [2.45, 2.75) is 50.9 Å². The van der Waals surface area contributed by atoms with E-state index in [2.05, 4.69) is 27.4 Å². The van der Waals surface area contributed by atoms with E-state index in [0.29, 0.717) is 24.7 Å². The lowest BCUT2D eigenvalue weighted by molar-refractivity contribution is -0.145. The average Bonchev–Trinajstić information content (AvgIpc) is 3.47. The van der Waals surface area contributed by atoms with Crippen molar-refractivity contribution in [3.8, 4) is 0 Å². The van der Waals surface area contributed by atoms with Gasteiger partial charge in [0.1, 0.15) is 5.82 Å². The van der Waals surface area contributed by atoms with Crippen LogP contribution in [0.1, 0.15) is 56.7 Å². The Morgan fingerprint density at radius 1 is 1.16 bits per heavy atom. The summed E-state index contributed by atoms with van der Waals surface area (Å²) in [6.07, 6.45) is 15.2. The molecule has 132 valence electrons. The number of nitrogens with zero attached hydrogens (tertiary/aromatic N) is 3. The minimum Gasteiger partial charge on any atom is -0.334 e. The van der Waals surface area contributed by atoms with Crippen molar-refractivity contribution >= 4 is 17.5 Å². The summed E-state index contributed by atoms with van der Waals surface area (Å²) in [6.45, 7) is 1.34. The second-order valence-electron chi connectivity index (χ2n) is 7.60. The van der Waals surface area contributed by atoms with Crippen molar-refractivity contribution in [1.82, 2.24) is 14.9 Å². The summed E-state index contributed by atoms with van der Waals surface area (Å²) >= 11 is 0. The standard InChI is InChI=1S/C19H24N4O2/c24-17(22-15-11-20-16(21-12-15)14-5-6-14)18(25)23-10-4-9-19(13-23)7-2-1-3-8-19/h1-2,11-12,14H,3-10,13H2,(H,22,24)/t19-/m1/s1. The lowest BCUT2D eigenvalue weighted by Gasteiger charge is -2.43. The number of nitrogens with one attached hydrogen (secondary N) is 1. The highest BCUT2D eigenvalue weighted by atomic mass is 16.2. The van der Waals surface area contributed by atoms with Crippen molar-refractivity contribution in [2.75, 3.05) is 18.4 Å². The molecule has 1 aromatic heterocycles. The van der Waals surface area contributed by atoms with Crippen LogP contribution in [0.2, 0.25) is 0 Å². The van der Waals surface area contributed by atoms with Crippen LogP contribution in [0.5, 0.6) is 0 Å². The Hall–Kier alpha value is -2.24. The molecule has 1 spiro atoms. The first kappa shape index (κ1) is 16.2. The summed E-state index contributed by atoms with van der Waals surface area (Å²) in [5.74, 6) is 0.263. The SMILES string of the molecule is O=C(Nc1cnc(C2CC2)nc1)C(=O)N1CCC[C@]2(CC=CCC2)C1. The molecule has 0 radical (unpaired) electrons. The van der Waals surface area contributed by atoms with Crippen molar-refractivity contribution in [3.63, 3.8) is 0 Å². The summed E-state index contributed by atoms with van der Waals surface area (Å²) < 4.78 is 0. The van der Waals surface area contributed by atoms with Gasteiger partial charge in [-0.2, -0.15) is 0 Å². The molecule has 4 rings (SSSR count). The molecule has 6 nitrogen and oxygen atoms in total. The van der Waals surface area contributed by atoms with Crippen LogP contribution in [-0.4, -0.2) is 39.8 Å². The van der Waals surface area contributed by atoms with Gasteiger partial charge in [0.15, 0.2) is 0 Å². The number of carbonyl (C=O) groups excluding carboxylic acids is 2. The number of likely N-dealkylation sites (tertiary alicyclic amines) is 1. The molecule has 2 fully saturated rings. The summed E-state index contributed by atoms with van der Waals surface area (Å²) in [6, 6.07) is 0. The van der Waals surface area contributed by atoms with Crippen LogP contribution in [-0.2, 0) is 9.59 Å². The van der Waals surface area contributed by atoms with E-state index in [1.54, 1.807) is 17.3 Å². The van der Waals surface area contributed by atoms with Crippen LogP contribution >= 0.6 is 0 Å². The zero-order chi connectivity index (χ0) is 17.3. The predicted octanol–water partition coefficient (Wildman–Crippen LogP) is 2.64. The highest BCUT2D eigenvalue weighted by Gasteiger charge is 2.38. The molecule has 1 aromatic rings. The van der Waals surface area contributed by atoms with E-state index in [0.717, 1.165) is 50.8 Å².